The van der Waals surface area contributed by atoms with E-state index >= 15 is 0 Å². The van der Waals surface area contributed by atoms with Gasteiger partial charge in [-0.2, -0.15) is 0 Å². The van der Waals surface area contributed by atoms with Gasteiger partial charge in [0.1, 0.15) is 5.58 Å². The summed E-state index contributed by atoms with van der Waals surface area (Å²) < 4.78 is 6.06. The zero-order valence-corrected chi connectivity index (χ0v) is 13.7. The molecule has 0 aliphatic carbocycles. The Balaban J connectivity index is 2.94. The second kappa shape index (κ2) is 6.28. The lowest BCUT2D eigenvalue weighted by Crippen LogP contribution is -2.15. The third kappa shape index (κ3) is 2.74. The smallest absolute Gasteiger partial charge is 0.196 e. The highest BCUT2D eigenvalue weighted by atomic mass is 16.3. The highest BCUT2D eigenvalue weighted by molar-refractivity contribution is 6.08. The minimum absolute atomic E-state index is 0.0347. The van der Waals surface area contributed by atoms with Crippen LogP contribution in [0.2, 0.25) is 0 Å². The Morgan fingerprint density at radius 2 is 2.05 bits per heavy atom. The predicted molar refractivity (Wildman–Crippen MR) is 91.8 cm³/mol. The number of hydrogen-bond acceptors (Lipinski definition) is 4. The minimum Gasteiger partial charge on any atom is -0.454 e. The lowest BCUT2D eigenvalue weighted by molar-refractivity contribution is 0.577. The predicted octanol–water partition coefficient (Wildman–Crippen LogP) is 3.42. The average Bonchev–Trinajstić information content (AvgIpc) is 2.48. The van der Waals surface area contributed by atoms with E-state index in [1.807, 2.05) is 45.1 Å². The van der Waals surface area contributed by atoms with E-state index in [4.69, 9.17) is 10.2 Å². The number of aliphatic imine (C=N–C) groups is 1. The summed E-state index contributed by atoms with van der Waals surface area (Å²) in [6.07, 6.45) is 3.70. The van der Waals surface area contributed by atoms with Crippen LogP contribution in [0.25, 0.3) is 11.0 Å². The Morgan fingerprint density at radius 1 is 1.36 bits per heavy atom. The lowest BCUT2D eigenvalue weighted by atomic mass is 10.00. The van der Waals surface area contributed by atoms with E-state index in [9.17, 15) is 4.79 Å². The summed E-state index contributed by atoms with van der Waals surface area (Å²) in [7, 11) is 1.68. The molecule has 1 atom stereocenters. The lowest BCUT2D eigenvalue weighted by Gasteiger charge is -2.13. The van der Waals surface area contributed by atoms with Crippen LogP contribution in [0.5, 0.6) is 0 Å². The maximum absolute atomic E-state index is 12.7. The van der Waals surface area contributed by atoms with E-state index < -0.39 is 0 Å². The molecule has 116 valence electrons. The normalized spacial score (nSPS) is 14.0. The van der Waals surface area contributed by atoms with Gasteiger partial charge >= 0.3 is 0 Å². The fourth-order valence-corrected chi connectivity index (χ4v) is 2.56. The third-order valence-corrected chi connectivity index (χ3v) is 3.68. The zero-order valence-electron chi connectivity index (χ0n) is 13.7. The molecule has 0 spiro atoms. The van der Waals surface area contributed by atoms with E-state index in [1.54, 1.807) is 14.0 Å². The van der Waals surface area contributed by atoms with Crippen molar-refractivity contribution in [3.05, 3.63) is 57.0 Å². The largest absolute Gasteiger partial charge is 0.454 e. The van der Waals surface area contributed by atoms with Gasteiger partial charge in [0.15, 0.2) is 11.2 Å². The SMILES string of the molecule is C/C=C\C(=NC)c1oc2c(C(C)N)cc(C)cc2c(=O)c1C. The second-order valence-corrected chi connectivity index (χ2v) is 5.51. The van der Waals surface area contributed by atoms with Crippen molar-refractivity contribution in [2.75, 3.05) is 7.05 Å². The van der Waals surface area contributed by atoms with Crippen LogP contribution in [-0.2, 0) is 0 Å². The summed E-state index contributed by atoms with van der Waals surface area (Å²) in [5, 5.41) is 0.574. The van der Waals surface area contributed by atoms with Gasteiger partial charge in [0, 0.05) is 24.2 Å². The molecule has 2 N–H and O–H groups in total. The van der Waals surface area contributed by atoms with Gasteiger partial charge in [-0.25, -0.2) is 0 Å². The first-order chi connectivity index (χ1) is 10.4. The average molecular weight is 298 g/mol. The van der Waals surface area contributed by atoms with Gasteiger partial charge in [0.2, 0.25) is 0 Å². The zero-order chi connectivity index (χ0) is 16.4. The highest BCUT2D eigenvalue weighted by Gasteiger charge is 2.18. The second-order valence-electron chi connectivity index (χ2n) is 5.51. The van der Waals surface area contributed by atoms with Crippen molar-refractivity contribution in [1.29, 1.82) is 0 Å². The van der Waals surface area contributed by atoms with Crippen LogP contribution >= 0.6 is 0 Å². The molecule has 0 radical (unpaired) electrons. The summed E-state index contributed by atoms with van der Waals surface area (Å²) in [6, 6.07) is 3.60. The Hall–Kier alpha value is -2.20. The van der Waals surface area contributed by atoms with Gasteiger partial charge in [-0.05, 0) is 45.4 Å². The molecule has 0 aliphatic rings. The van der Waals surface area contributed by atoms with Gasteiger partial charge in [-0.3, -0.25) is 9.79 Å². The molecular formula is C18H22N2O2. The van der Waals surface area contributed by atoms with Crippen molar-refractivity contribution in [3.8, 4) is 0 Å². The van der Waals surface area contributed by atoms with Gasteiger partial charge in [-0.1, -0.05) is 12.1 Å². The molecule has 0 bridgehead atoms. The molecule has 22 heavy (non-hydrogen) atoms. The molecule has 0 fully saturated rings. The maximum Gasteiger partial charge on any atom is 0.196 e. The van der Waals surface area contributed by atoms with E-state index in [-0.39, 0.29) is 11.5 Å². The third-order valence-electron chi connectivity index (χ3n) is 3.68. The highest BCUT2D eigenvalue weighted by Crippen LogP contribution is 2.25. The fraction of sp³-hybridized carbons (Fsp3) is 0.333. The summed E-state index contributed by atoms with van der Waals surface area (Å²) in [6.45, 7) is 7.50. The first-order valence-corrected chi connectivity index (χ1v) is 7.34. The van der Waals surface area contributed by atoms with Crippen LogP contribution in [0.15, 0.2) is 38.5 Å². The van der Waals surface area contributed by atoms with Gasteiger partial charge < -0.3 is 10.2 Å². The molecule has 0 amide bonds. The van der Waals surface area contributed by atoms with Crippen molar-refractivity contribution >= 4 is 16.7 Å². The quantitative estimate of drug-likeness (QED) is 0.883. The Morgan fingerprint density at radius 3 is 2.59 bits per heavy atom. The first-order valence-electron chi connectivity index (χ1n) is 7.34. The molecule has 1 aromatic carbocycles. The van der Waals surface area contributed by atoms with Crippen molar-refractivity contribution in [2.24, 2.45) is 10.7 Å². The summed E-state index contributed by atoms with van der Waals surface area (Å²) >= 11 is 0. The Bertz CT molecular complexity index is 827. The van der Waals surface area contributed by atoms with Crippen LogP contribution in [0, 0.1) is 13.8 Å². The molecule has 0 saturated heterocycles. The maximum atomic E-state index is 12.7. The molecule has 1 unspecified atom stereocenters. The molecule has 0 saturated carbocycles. The number of nitrogens with two attached hydrogens (primary N) is 1. The van der Waals surface area contributed by atoms with Gasteiger partial charge in [0.05, 0.1) is 11.1 Å². The molecule has 1 heterocycles. The first kappa shape index (κ1) is 16.2. The van der Waals surface area contributed by atoms with Crippen molar-refractivity contribution in [2.45, 2.75) is 33.7 Å². The molecule has 0 aliphatic heterocycles. The van der Waals surface area contributed by atoms with Crippen LogP contribution in [-0.4, -0.2) is 12.8 Å². The van der Waals surface area contributed by atoms with E-state index in [1.165, 1.54) is 0 Å². The number of hydrogen-bond donors (Lipinski definition) is 1. The Labute approximate surface area is 130 Å². The molecule has 4 nitrogen and oxygen atoms in total. The van der Waals surface area contributed by atoms with Crippen molar-refractivity contribution in [3.63, 3.8) is 0 Å². The Kier molecular flexibility index (Phi) is 4.62. The van der Waals surface area contributed by atoms with Crippen LogP contribution in [0.4, 0.5) is 0 Å². The van der Waals surface area contributed by atoms with Crippen LogP contribution in [0.1, 0.15) is 42.3 Å². The van der Waals surface area contributed by atoms with Gasteiger partial charge in [0.25, 0.3) is 0 Å². The van der Waals surface area contributed by atoms with Crippen molar-refractivity contribution < 1.29 is 4.42 Å². The molecule has 2 aromatic rings. The number of rotatable bonds is 3. The molecular weight excluding hydrogens is 276 g/mol. The minimum atomic E-state index is -0.218. The number of fused-ring (bicyclic) bond motifs is 1. The summed E-state index contributed by atoms with van der Waals surface area (Å²) in [5.41, 5.74) is 9.61. The summed E-state index contributed by atoms with van der Waals surface area (Å²) in [5.74, 6) is 0.504. The standard InChI is InChI=1S/C18H22N2O2/c1-6-7-15(20-5)17-11(3)16(21)14-9-10(2)8-13(12(4)19)18(14)22-17/h6-9,12H,19H2,1-5H3/b7-6-,20-15?. The van der Waals surface area contributed by atoms with E-state index in [0.717, 1.165) is 11.1 Å². The van der Waals surface area contributed by atoms with E-state index in [2.05, 4.69) is 4.99 Å². The van der Waals surface area contributed by atoms with Gasteiger partial charge in [-0.15, -0.1) is 0 Å². The van der Waals surface area contributed by atoms with Crippen LogP contribution < -0.4 is 11.2 Å². The fourth-order valence-electron chi connectivity index (χ4n) is 2.56. The molecule has 1 aromatic heterocycles. The number of benzene rings is 1. The number of nitrogens with zero attached hydrogens (tertiary/aromatic N) is 1. The monoisotopic (exact) mass is 298 g/mol. The summed E-state index contributed by atoms with van der Waals surface area (Å²) in [4.78, 5) is 16.9. The van der Waals surface area contributed by atoms with Crippen molar-refractivity contribution in [1.82, 2.24) is 0 Å². The number of aryl methyl sites for hydroxylation is 1. The van der Waals surface area contributed by atoms with Crippen LogP contribution in [0.3, 0.4) is 0 Å². The number of allylic oxidation sites excluding steroid dienone is 2. The molecule has 4 heteroatoms. The topological polar surface area (TPSA) is 68.6 Å². The van der Waals surface area contributed by atoms with E-state index in [0.29, 0.717) is 28.0 Å². The molecule has 2 rings (SSSR count).